The fraction of sp³-hybridized carbons (Fsp3) is 0.240. The molecule has 2 unspecified atom stereocenters. The van der Waals surface area contributed by atoms with Crippen LogP contribution in [0.2, 0.25) is 0 Å². The fourth-order valence-corrected chi connectivity index (χ4v) is 9.59. The molecular weight excluding hydrogens is 907 g/mol. The van der Waals surface area contributed by atoms with Gasteiger partial charge >= 0.3 is 18.9 Å². The van der Waals surface area contributed by atoms with E-state index in [1.807, 2.05) is 90.1 Å². The molecule has 10 aromatic rings. The summed E-state index contributed by atoms with van der Waals surface area (Å²) in [5.74, 6) is 1.10. The molecule has 0 radical (unpaired) electrons. The number of fused-ring (bicyclic) bond motifs is 6. The first-order chi connectivity index (χ1) is 34.3. The molecule has 0 bridgehead atoms. The van der Waals surface area contributed by atoms with Crippen LogP contribution in [0.15, 0.2) is 104 Å². The second-order valence-corrected chi connectivity index (χ2v) is 17.2. The maximum absolute atomic E-state index is 14.6. The minimum Gasteiger partial charge on any atom is -0.496 e. The first-order valence-corrected chi connectivity index (χ1v) is 22.7. The molecule has 0 saturated carbocycles. The lowest BCUT2D eigenvalue weighted by molar-refractivity contribution is -0.120. The highest BCUT2D eigenvalue weighted by atomic mass is 16.5. The van der Waals surface area contributed by atoms with Crippen LogP contribution in [0.5, 0.6) is 11.5 Å². The molecule has 71 heavy (non-hydrogen) atoms. The number of hydrogen-bond donors (Lipinski definition) is 2. The smallest absolute Gasteiger partial charge is 0.355 e. The lowest BCUT2D eigenvalue weighted by Crippen LogP contribution is -2.44. The van der Waals surface area contributed by atoms with Gasteiger partial charge in [-0.3, -0.25) is 47.8 Å². The third-order valence-corrected chi connectivity index (χ3v) is 13.0. The van der Waals surface area contributed by atoms with Crippen molar-refractivity contribution in [1.29, 1.82) is 0 Å². The zero-order chi connectivity index (χ0) is 49.8. The molecule has 2 N–H and O–H groups in total. The quantitative estimate of drug-likeness (QED) is 0.123. The molecule has 0 saturated heterocycles. The number of nitrogens with one attached hydrogen (secondary N) is 2. The Bertz CT molecular complexity index is 3570. The van der Waals surface area contributed by atoms with Crippen molar-refractivity contribution >= 4 is 63.2 Å². The molecule has 8 heterocycles. The average molecular weight is 955 g/mol. The van der Waals surface area contributed by atoms with Crippen molar-refractivity contribution in [2.75, 3.05) is 14.2 Å². The zero-order valence-corrected chi connectivity index (χ0v) is 40.1. The molecule has 21 heteroatoms. The highest BCUT2D eigenvalue weighted by molar-refractivity contribution is 6.38. The van der Waals surface area contributed by atoms with E-state index in [1.165, 1.54) is 9.13 Å². The van der Waals surface area contributed by atoms with E-state index in [0.717, 1.165) is 22.3 Å². The van der Waals surface area contributed by atoms with E-state index in [0.29, 0.717) is 89.7 Å². The van der Waals surface area contributed by atoms with Gasteiger partial charge < -0.3 is 29.0 Å². The summed E-state index contributed by atoms with van der Waals surface area (Å²) < 4.78 is 28.6. The van der Waals surface area contributed by atoms with Gasteiger partial charge in [-0.1, -0.05) is 22.4 Å². The molecule has 20 nitrogen and oxygen atoms in total. The number of nitrogens with zero attached hydrogens (tertiary/aromatic N) is 10. The van der Waals surface area contributed by atoms with E-state index >= 15 is 0 Å². The predicted molar refractivity (Wildman–Crippen MR) is 266 cm³/mol. The number of benzene rings is 2. The summed E-state index contributed by atoms with van der Waals surface area (Å²) in [6, 6.07) is 17.2. The molecular formula is C50H47BN12O8. The molecule has 0 fully saturated rings. The highest BCUT2D eigenvalue weighted by Gasteiger charge is 2.28. The van der Waals surface area contributed by atoms with Gasteiger partial charge in [0, 0.05) is 34.3 Å². The lowest BCUT2D eigenvalue weighted by atomic mass is 10.00. The number of methoxy groups -OCH3 is 2. The molecule has 358 valence electrons. The van der Waals surface area contributed by atoms with E-state index < -0.39 is 48.4 Å². The van der Waals surface area contributed by atoms with Crippen molar-refractivity contribution in [3.8, 4) is 33.8 Å². The summed E-state index contributed by atoms with van der Waals surface area (Å²) in [6.45, 7) is 10.2. The van der Waals surface area contributed by atoms with Gasteiger partial charge in [-0.25, -0.2) is 9.59 Å². The summed E-state index contributed by atoms with van der Waals surface area (Å²) >= 11 is 0. The Morgan fingerprint density at radius 1 is 0.634 bits per heavy atom. The van der Waals surface area contributed by atoms with Gasteiger partial charge in [0.15, 0.2) is 0 Å². The van der Waals surface area contributed by atoms with Crippen LogP contribution in [0.1, 0.15) is 60.2 Å². The number of carbonyl (C=O) groups excluding carboxylic acids is 2. The molecule has 2 aromatic carbocycles. The number of ether oxygens (including phenoxy) is 2. The van der Waals surface area contributed by atoms with Crippen molar-refractivity contribution in [2.45, 2.75) is 66.7 Å². The number of rotatable bonds is 14. The second kappa shape index (κ2) is 18.2. The lowest BCUT2D eigenvalue weighted by Gasteiger charge is -2.15. The third kappa shape index (κ3) is 7.84. The largest absolute Gasteiger partial charge is 0.496 e. The van der Waals surface area contributed by atoms with Gasteiger partial charge in [-0.2, -0.15) is 0 Å². The number of hydrogen-bond acceptors (Lipinski definition) is 14. The number of aryl methyl sites for hydroxylation is 4. The number of carbonyl (C=O) groups is 2. The standard InChI is InChI=1S/C50H47BN12O8/c1-25-45(29(5)70-58-25)33-17-37-31(19-41(33)68-7)47-39(21-54-37)60(49(66)62(47)27(3)35-13-9-11-15-52-35)23-43(64)56-51-57-44(65)24-61-40-22-55-38-18-34(46-26(2)59-71-30(46)6)42(69-8)20-32(38)48(40)63(50(61)67)28(4)36-14-10-12-16-53-36/h9-22,27-28,51H,23-24H2,1-8H3,(H,56,64)(H,57,65). The van der Waals surface area contributed by atoms with Gasteiger partial charge in [0.05, 0.1) is 106 Å². The number of amides is 2. The molecule has 0 aliphatic carbocycles. The van der Waals surface area contributed by atoms with Crippen molar-refractivity contribution in [1.82, 2.24) is 59.0 Å². The summed E-state index contributed by atoms with van der Waals surface area (Å²) in [7, 11) is 2.81. The highest BCUT2D eigenvalue weighted by Crippen LogP contribution is 2.41. The zero-order valence-electron chi connectivity index (χ0n) is 40.1. The van der Waals surface area contributed by atoms with Crippen LogP contribution in [0.25, 0.3) is 66.1 Å². The van der Waals surface area contributed by atoms with E-state index in [1.54, 1.807) is 60.3 Å². The van der Waals surface area contributed by atoms with Crippen LogP contribution >= 0.6 is 0 Å². The summed E-state index contributed by atoms with van der Waals surface area (Å²) in [4.78, 5) is 75.3. The maximum Gasteiger partial charge on any atom is 0.355 e. The molecule has 0 aliphatic heterocycles. The maximum atomic E-state index is 14.6. The molecule has 10 rings (SSSR count). The van der Waals surface area contributed by atoms with Gasteiger partial charge in [-0.15, -0.1) is 0 Å². The molecule has 0 aliphatic rings. The van der Waals surface area contributed by atoms with Crippen LogP contribution < -0.4 is 31.3 Å². The second-order valence-electron chi connectivity index (χ2n) is 17.2. The normalized spacial score (nSPS) is 12.5. The van der Waals surface area contributed by atoms with Crippen LogP contribution in [-0.4, -0.2) is 82.1 Å². The van der Waals surface area contributed by atoms with Crippen LogP contribution in [0, 0.1) is 27.7 Å². The summed E-state index contributed by atoms with van der Waals surface area (Å²) in [5, 5.41) is 14.9. The monoisotopic (exact) mass is 954 g/mol. The molecule has 0 spiro atoms. The molecule has 8 aromatic heterocycles. The minimum absolute atomic E-state index is 0.307. The SMILES string of the molecule is COc1cc2c(cc1-c1c(C)noc1C)ncc1c2n(C(C)c2ccccn2)c(=O)n1CC(=O)NBNC(=O)Cn1c(=O)n(C(C)c2ccccn2)c2c3cc(OC)c(-c4c(C)noc4C)cc3ncc21. The van der Waals surface area contributed by atoms with Crippen molar-refractivity contribution in [3.05, 3.63) is 141 Å². The first kappa shape index (κ1) is 45.9. The Hall–Kier alpha value is -8.88. The van der Waals surface area contributed by atoms with Gasteiger partial charge in [0.1, 0.15) is 36.1 Å². The van der Waals surface area contributed by atoms with E-state index in [-0.39, 0.29) is 7.55 Å². The van der Waals surface area contributed by atoms with E-state index in [9.17, 15) is 19.2 Å². The van der Waals surface area contributed by atoms with Crippen molar-refractivity contribution < 1.29 is 28.1 Å². The minimum atomic E-state index is -0.568. The van der Waals surface area contributed by atoms with Crippen LogP contribution in [-0.2, 0) is 22.7 Å². The number of aromatic nitrogens is 10. The summed E-state index contributed by atoms with van der Waals surface area (Å²) in [6.07, 6.45) is 6.44. The van der Waals surface area contributed by atoms with Gasteiger partial charge in [0.2, 0.25) is 11.8 Å². The Labute approximate surface area is 404 Å². The van der Waals surface area contributed by atoms with Gasteiger partial charge in [0.25, 0.3) is 0 Å². The topological polar surface area (TPSA) is 234 Å². The Balaban J connectivity index is 0.951. The number of pyridine rings is 4. The first-order valence-electron chi connectivity index (χ1n) is 22.7. The summed E-state index contributed by atoms with van der Waals surface area (Å²) in [5.41, 5.74) is 7.62. The average Bonchev–Trinajstić information content (AvgIpc) is 4.08. The van der Waals surface area contributed by atoms with E-state index in [2.05, 4.69) is 30.7 Å². The van der Waals surface area contributed by atoms with Crippen LogP contribution in [0.3, 0.4) is 0 Å². The molecule has 2 atom stereocenters. The van der Waals surface area contributed by atoms with Crippen LogP contribution in [0.4, 0.5) is 0 Å². The van der Waals surface area contributed by atoms with Crippen molar-refractivity contribution in [3.63, 3.8) is 0 Å². The van der Waals surface area contributed by atoms with E-state index in [4.69, 9.17) is 28.5 Å². The molecule has 2 amide bonds. The Kier molecular flexibility index (Phi) is 11.8. The number of imidazole rings is 2. The van der Waals surface area contributed by atoms with Gasteiger partial charge in [-0.05, 0) is 90.1 Å². The fourth-order valence-electron chi connectivity index (χ4n) is 9.59. The predicted octanol–water partition coefficient (Wildman–Crippen LogP) is 5.78. The Morgan fingerprint density at radius 3 is 1.41 bits per heavy atom. The third-order valence-electron chi connectivity index (χ3n) is 13.0. The Morgan fingerprint density at radius 2 is 1.06 bits per heavy atom. The van der Waals surface area contributed by atoms with Crippen molar-refractivity contribution in [2.24, 2.45) is 0 Å².